The van der Waals surface area contributed by atoms with Crippen molar-refractivity contribution >= 4 is 17.5 Å². The topological polar surface area (TPSA) is 53.6 Å². The van der Waals surface area contributed by atoms with Gasteiger partial charge in [0.1, 0.15) is 11.6 Å². The number of ether oxygens (including phenoxy) is 1. The number of nitrogens with zero attached hydrogens (tertiary/aromatic N) is 1. The van der Waals surface area contributed by atoms with Gasteiger partial charge in [-0.25, -0.2) is 8.78 Å². The molecule has 2 aromatic rings. The zero-order valence-corrected chi connectivity index (χ0v) is 17.6. The molecule has 8 heteroatoms. The number of benzene rings is 2. The van der Waals surface area contributed by atoms with Crippen molar-refractivity contribution in [1.82, 2.24) is 15.5 Å². The molecule has 1 amide bonds. The van der Waals surface area contributed by atoms with E-state index in [0.717, 1.165) is 17.7 Å². The minimum atomic E-state index is -0.474. The Labute approximate surface area is 180 Å². The Bertz CT molecular complexity index is 868. The summed E-state index contributed by atoms with van der Waals surface area (Å²) >= 11 is 6.10. The van der Waals surface area contributed by atoms with Crippen molar-refractivity contribution in [1.29, 1.82) is 0 Å². The van der Waals surface area contributed by atoms with Crippen molar-refractivity contribution < 1.29 is 18.3 Å². The number of methoxy groups -OCH3 is 1. The van der Waals surface area contributed by atoms with Gasteiger partial charge in [-0.1, -0.05) is 23.7 Å². The van der Waals surface area contributed by atoms with Crippen LogP contribution in [-0.4, -0.2) is 49.7 Å². The van der Waals surface area contributed by atoms with Gasteiger partial charge in [0.05, 0.1) is 12.6 Å². The number of likely N-dealkylation sites (tertiary alicyclic amines) is 1. The number of rotatable bonds is 9. The molecule has 0 spiro atoms. The molecule has 0 unspecified atom stereocenters. The van der Waals surface area contributed by atoms with Crippen LogP contribution in [0.15, 0.2) is 42.5 Å². The van der Waals surface area contributed by atoms with Crippen molar-refractivity contribution in [3.05, 3.63) is 70.2 Å². The predicted octanol–water partition coefficient (Wildman–Crippen LogP) is 3.11. The van der Waals surface area contributed by atoms with Gasteiger partial charge >= 0.3 is 0 Å². The van der Waals surface area contributed by atoms with E-state index >= 15 is 0 Å². The monoisotopic (exact) mass is 437 g/mol. The van der Waals surface area contributed by atoms with Gasteiger partial charge in [0.25, 0.3) is 0 Å². The van der Waals surface area contributed by atoms with Gasteiger partial charge in [0.15, 0.2) is 0 Å². The van der Waals surface area contributed by atoms with Crippen LogP contribution in [-0.2, 0) is 22.6 Å². The van der Waals surface area contributed by atoms with E-state index in [-0.39, 0.29) is 30.1 Å². The van der Waals surface area contributed by atoms with Crippen LogP contribution in [0, 0.1) is 11.6 Å². The van der Waals surface area contributed by atoms with Gasteiger partial charge < -0.3 is 15.4 Å². The van der Waals surface area contributed by atoms with Crippen LogP contribution in [0.25, 0.3) is 0 Å². The van der Waals surface area contributed by atoms with Gasteiger partial charge in [-0.05, 0) is 42.3 Å². The van der Waals surface area contributed by atoms with Crippen LogP contribution in [0.2, 0.25) is 5.02 Å². The Morgan fingerprint density at radius 2 is 2.10 bits per heavy atom. The average molecular weight is 438 g/mol. The van der Waals surface area contributed by atoms with Crippen molar-refractivity contribution in [3.63, 3.8) is 0 Å². The van der Waals surface area contributed by atoms with E-state index in [9.17, 15) is 13.6 Å². The highest BCUT2D eigenvalue weighted by molar-refractivity contribution is 6.30. The second kappa shape index (κ2) is 10.8. The maximum absolute atomic E-state index is 13.9. The highest BCUT2D eigenvalue weighted by atomic mass is 35.5. The molecule has 162 valence electrons. The maximum atomic E-state index is 13.9. The summed E-state index contributed by atoms with van der Waals surface area (Å²) in [4.78, 5) is 14.8. The van der Waals surface area contributed by atoms with Crippen LogP contribution < -0.4 is 10.6 Å². The molecular weight excluding hydrogens is 412 g/mol. The highest BCUT2D eigenvalue weighted by Gasteiger charge is 2.36. The third-order valence-electron chi connectivity index (χ3n) is 5.18. The summed E-state index contributed by atoms with van der Waals surface area (Å²) < 4.78 is 32.3. The molecule has 3 rings (SSSR count). The molecule has 1 fully saturated rings. The highest BCUT2D eigenvalue weighted by Crippen LogP contribution is 2.23. The SMILES string of the molecule is COCCNC(=O)[C@@H]1C[C@@H](NCc2cc(F)ccc2F)CN1Cc1cccc(Cl)c1. The fraction of sp³-hybridized carbons (Fsp3) is 0.409. The van der Waals surface area contributed by atoms with Gasteiger partial charge in [-0.3, -0.25) is 9.69 Å². The summed E-state index contributed by atoms with van der Waals surface area (Å²) in [5.41, 5.74) is 1.28. The lowest BCUT2D eigenvalue weighted by Crippen LogP contribution is -2.43. The van der Waals surface area contributed by atoms with Crippen LogP contribution in [0.1, 0.15) is 17.5 Å². The molecular formula is C22H26ClF2N3O2. The molecule has 1 heterocycles. The summed E-state index contributed by atoms with van der Waals surface area (Å²) in [5.74, 6) is -1.00. The van der Waals surface area contributed by atoms with Gasteiger partial charge in [-0.2, -0.15) is 0 Å². The Morgan fingerprint density at radius 1 is 1.27 bits per heavy atom. The number of hydrogen-bond donors (Lipinski definition) is 2. The molecule has 2 atom stereocenters. The second-order valence-corrected chi connectivity index (χ2v) is 7.84. The molecule has 5 nitrogen and oxygen atoms in total. The lowest BCUT2D eigenvalue weighted by atomic mass is 10.1. The summed E-state index contributed by atoms with van der Waals surface area (Å²) in [7, 11) is 1.58. The van der Waals surface area contributed by atoms with Crippen LogP contribution in [0.5, 0.6) is 0 Å². The normalized spacial score (nSPS) is 19.2. The fourth-order valence-corrected chi connectivity index (χ4v) is 3.91. The zero-order valence-electron chi connectivity index (χ0n) is 16.8. The molecule has 0 saturated carbocycles. The lowest BCUT2D eigenvalue weighted by Gasteiger charge is -2.23. The van der Waals surface area contributed by atoms with Crippen molar-refractivity contribution in [2.45, 2.75) is 31.6 Å². The van der Waals surface area contributed by atoms with E-state index < -0.39 is 11.6 Å². The first kappa shape index (κ1) is 22.6. The van der Waals surface area contributed by atoms with E-state index in [2.05, 4.69) is 15.5 Å². The third-order valence-corrected chi connectivity index (χ3v) is 5.41. The van der Waals surface area contributed by atoms with Crippen molar-refractivity contribution in [2.75, 3.05) is 26.8 Å². The second-order valence-electron chi connectivity index (χ2n) is 7.41. The Balaban J connectivity index is 1.67. The van der Waals surface area contributed by atoms with E-state index in [1.807, 2.05) is 24.3 Å². The Morgan fingerprint density at radius 3 is 2.87 bits per heavy atom. The number of carbonyl (C=O) groups is 1. The van der Waals surface area contributed by atoms with E-state index in [4.69, 9.17) is 16.3 Å². The van der Waals surface area contributed by atoms with Crippen LogP contribution >= 0.6 is 11.6 Å². The average Bonchev–Trinajstić information content (AvgIpc) is 3.11. The quantitative estimate of drug-likeness (QED) is 0.592. The summed E-state index contributed by atoms with van der Waals surface area (Å²) in [6.45, 7) is 2.23. The van der Waals surface area contributed by atoms with Gasteiger partial charge in [-0.15, -0.1) is 0 Å². The van der Waals surface area contributed by atoms with Crippen LogP contribution in [0.3, 0.4) is 0 Å². The molecule has 0 bridgehead atoms. The Kier molecular flexibility index (Phi) is 8.16. The largest absolute Gasteiger partial charge is 0.383 e. The molecule has 0 radical (unpaired) electrons. The Hall–Kier alpha value is -2.06. The van der Waals surface area contributed by atoms with Gasteiger partial charge in [0.2, 0.25) is 5.91 Å². The van der Waals surface area contributed by atoms with Gasteiger partial charge in [0, 0.05) is 49.9 Å². The minimum absolute atomic E-state index is 0.0370. The maximum Gasteiger partial charge on any atom is 0.237 e. The number of halogens is 3. The molecule has 2 N–H and O–H groups in total. The zero-order chi connectivity index (χ0) is 21.5. The third kappa shape index (κ3) is 6.22. The molecule has 0 aromatic heterocycles. The van der Waals surface area contributed by atoms with E-state index in [0.29, 0.717) is 37.7 Å². The first-order valence-corrected chi connectivity index (χ1v) is 10.3. The number of hydrogen-bond acceptors (Lipinski definition) is 4. The summed E-state index contributed by atoms with van der Waals surface area (Å²) in [5, 5.41) is 6.80. The summed E-state index contributed by atoms with van der Waals surface area (Å²) in [6.07, 6.45) is 0.566. The first-order chi connectivity index (χ1) is 14.5. The standard InChI is InChI=1S/C22H26ClF2N3O2/c1-30-8-7-26-22(29)21-11-19(27-12-16-10-18(24)5-6-20(16)25)14-28(21)13-15-3-2-4-17(23)9-15/h2-6,9-10,19,21,27H,7-8,11-14H2,1H3,(H,26,29)/t19-,21+/m1/s1. The molecule has 1 aliphatic heterocycles. The van der Waals surface area contributed by atoms with Crippen LogP contribution in [0.4, 0.5) is 8.78 Å². The minimum Gasteiger partial charge on any atom is -0.383 e. The molecule has 1 saturated heterocycles. The van der Waals surface area contributed by atoms with E-state index in [1.54, 1.807) is 7.11 Å². The molecule has 0 aliphatic carbocycles. The van der Waals surface area contributed by atoms with E-state index in [1.165, 1.54) is 6.07 Å². The number of carbonyl (C=O) groups excluding carboxylic acids is 1. The predicted molar refractivity (Wildman–Crippen MR) is 112 cm³/mol. The fourth-order valence-electron chi connectivity index (χ4n) is 3.70. The molecule has 1 aliphatic rings. The number of nitrogens with one attached hydrogen (secondary N) is 2. The smallest absolute Gasteiger partial charge is 0.237 e. The molecule has 2 aromatic carbocycles. The lowest BCUT2D eigenvalue weighted by molar-refractivity contribution is -0.125. The summed E-state index contributed by atoms with van der Waals surface area (Å²) in [6, 6.07) is 10.6. The van der Waals surface area contributed by atoms with Crippen molar-refractivity contribution in [2.24, 2.45) is 0 Å². The van der Waals surface area contributed by atoms with Crippen molar-refractivity contribution in [3.8, 4) is 0 Å². The molecule has 30 heavy (non-hydrogen) atoms. The number of amides is 1. The first-order valence-electron chi connectivity index (χ1n) is 9.88.